The van der Waals surface area contributed by atoms with Crippen LogP contribution in [0.2, 0.25) is 0 Å². The molecule has 0 bridgehead atoms. The largest absolute Gasteiger partial charge is 1.00 e. The summed E-state index contributed by atoms with van der Waals surface area (Å²) in [5.74, 6) is 0.0881. The van der Waals surface area contributed by atoms with E-state index in [0.29, 0.717) is 35.6 Å². The lowest BCUT2D eigenvalue weighted by atomic mass is 10.0. The van der Waals surface area contributed by atoms with Crippen molar-refractivity contribution in [3.05, 3.63) is 25.3 Å². The van der Waals surface area contributed by atoms with Crippen LogP contribution in [0, 0.1) is 29.1 Å². The Labute approximate surface area is 321 Å². The van der Waals surface area contributed by atoms with Crippen LogP contribution >= 0.6 is 11.8 Å². The number of nitrogens with two attached hydrogens (primary N) is 2. The number of thioether (sulfide) groups is 1. The molecule has 0 aromatic rings. The van der Waals surface area contributed by atoms with Gasteiger partial charge in [0.2, 0.25) is 5.04 Å². The molecule has 0 rings (SSSR count). The molecule has 2 unspecified atom stereocenters. The van der Waals surface area contributed by atoms with E-state index in [9.17, 15) is 19.2 Å². The number of halogens is 1. The first-order valence-electron chi connectivity index (χ1n) is 15.9. The Morgan fingerprint density at radius 3 is 1.52 bits per heavy atom. The number of esters is 2. The van der Waals surface area contributed by atoms with Gasteiger partial charge in [-0.05, 0) is 43.8 Å². The Balaban J connectivity index is -0.000000389. The lowest BCUT2D eigenvalue weighted by Crippen LogP contribution is -3.00. The summed E-state index contributed by atoms with van der Waals surface area (Å²) in [4.78, 5) is 55.0. The molecule has 0 aromatic carbocycles. The van der Waals surface area contributed by atoms with Crippen LogP contribution < -0.4 is 35.1 Å². The molecule has 0 saturated carbocycles. The highest BCUT2D eigenvalue weighted by atomic mass is 127. The van der Waals surface area contributed by atoms with Crippen LogP contribution in [0.3, 0.4) is 0 Å². The zero-order valence-electron chi connectivity index (χ0n) is 31.8. The minimum atomic E-state index is -0.647. The van der Waals surface area contributed by atoms with Gasteiger partial charge in [-0.1, -0.05) is 78.6 Å². The molecule has 0 heterocycles. The van der Waals surface area contributed by atoms with Crippen LogP contribution in [0.5, 0.6) is 0 Å². The van der Waals surface area contributed by atoms with Crippen LogP contribution in [0.15, 0.2) is 30.3 Å². The number of amidine groups is 1. The number of ether oxygens (including phenoxy) is 4. The van der Waals surface area contributed by atoms with Crippen LogP contribution in [-0.4, -0.2) is 110 Å². The Morgan fingerprint density at radius 2 is 1.22 bits per heavy atom. The molecule has 3 atom stereocenters. The molecule has 0 aliphatic rings. The molecule has 50 heavy (non-hydrogen) atoms. The van der Waals surface area contributed by atoms with E-state index >= 15 is 0 Å². The number of rotatable bonds is 18. The monoisotopic (exact) mass is 840 g/mol. The summed E-state index contributed by atoms with van der Waals surface area (Å²) in [6, 6.07) is 0.813. The molecule has 2 amide bonds. The van der Waals surface area contributed by atoms with Crippen molar-refractivity contribution in [2.24, 2.45) is 28.5 Å². The van der Waals surface area contributed by atoms with E-state index in [-0.39, 0.29) is 62.2 Å². The van der Waals surface area contributed by atoms with E-state index in [1.54, 1.807) is 6.07 Å². The summed E-state index contributed by atoms with van der Waals surface area (Å²) < 4.78 is 19.5. The molecular weight excluding hydrogens is 779 g/mol. The fraction of sp³-hybridized carbons (Fsp3) is 0.676. The van der Waals surface area contributed by atoms with Crippen molar-refractivity contribution in [3.8, 4) is 6.07 Å². The number of carbonyl (C=O) groups is 4. The van der Waals surface area contributed by atoms with Crippen LogP contribution in [-0.2, 0) is 28.5 Å². The molecule has 4 N–H and O–H groups in total. The van der Waals surface area contributed by atoms with Crippen molar-refractivity contribution >= 4 is 46.8 Å². The van der Waals surface area contributed by atoms with Crippen molar-refractivity contribution in [1.29, 1.82) is 5.26 Å². The third kappa shape index (κ3) is 24.7. The number of amides is 2. The molecule has 0 aliphatic heterocycles. The Bertz CT molecular complexity index is 1110. The molecule has 0 radical (unpaired) electrons. The van der Waals surface area contributed by atoms with Gasteiger partial charge < -0.3 is 48.7 Å². The van der Waals surface area contributed by atoms with Gasteiger partial charge in [0.15, 0.2) is 0 Å². The fourth-order valence-corrected chi connectivity index (χ4v) is 4.24. The first-order valence-corrected chi connectivity index (χ1v) is 17.2. The Kier molecular flexibility index (Phi) is 33.8. The molecule has 0 aliphatic carbocycles. The SMILES string of the molecule is C=CCOC(=O)N(CC(=O)OC)C(CC(C)C)C(N)=NC(C)C(C)C.C=CCOC(=O)N(CC(=O)OC)[C@@H](CC(C)C)C(=[NH2+])SC.CC#N.[I-]. The molecule has 0 aromatic heterocycles. The van der Waals surface area contributed by atoms with E-state index in [4.69, 9.17) is 30.6 Å². The number of carbonyl (C=O) groups excluding carboxylic acids is 4. The lowest BCUT2D eigenvalue weighted by molar-refractivity contribution is -0.143. The smallest absolute Gasteiger partial charge is 0.411 e. The fourth-order valence-electron chi connectivity index (χ4n) is 3.74. The predicted octanol–water partition coefficient (Wildman–Crippen LogP) is 0.854. The number of nitriles is 1. The van der Waals surface area contributed by atoms with Gasteiger partial charge in [-0.3, -0.25) is 29.8 Å². The Hall–Kier alpha value is -3.33. The van der Waals surface area contributed by atoms with E-state index in [1.165, 1.54) is 54.9 Å². The minimum Gasteiger partial charge on any atom is -1.00 e. The minimum absolute atomic E-state index is 0. The number of hydrogen-bond acceptors (Lipinski definition) is 11. The summed E-state index contributed by atoms with van der Waals surface area (Å²) in [6.07, 6.45) is 4.69. The number of hydrogen-bond donors (Lipinski definition) is 2. The highest BCUT2D eigenvalue weighted by molar-refractivity contribution is 8.13. The summed E-state index contributed by atoms with van der Waals surface area (Å²) in [5, 5.41) is 13.9. The average Bonchev–Trinajstić information content (AvgIpc) is 3.05. The lowest BCUT2D eigenvalue weighted by Gasteiger charge is -2.31. The maximum Gasteiger partial charge on any atom is 0.411 e. The highest BCUT2D eigenvalue weighted by Crippen LogP contribution is 2.18. The van der Waals surface area contributed by atoms with Gasteiger partial charge in [-0.25, -0.2) is 9.59 Å². The van der Waals surface area contributed by atoms with E-state index in [0.717, 1.165) is 0 Å². The highest BCUT2D eigenvalue weighted by Gasteiger charge is 2.34. The van der Waals surface area contributed by atoms with Gasteiger partial charge in [0.05, 0.1) is 32.4 Å². The van der Waals surface area contributed by atoms with Gasteiger partial charge >= 0.3 is 24.1 Å². The number of nitrogens with zero attached hydrogens (tertiary/aromatic N) is 4. The molecule has 288 valence electrons. The van der Waals surface area contributed by atoms with Crippen LogP contribution in [0.4, 0.5) is 9.59 Å². The van der Waals surface area contributed by atoms with E-state index in [1.807, 2.05) is 54.7 Å². The molecule has 0 spiro atoms. The second-order valence-corrected chi connectivity index (χ2v) is 12.7. The van der Waals surface area contributed by atoms with Gasteiger partial charge in [0.25, 0.3) is 0 Å². The van der Waals surface area contributed by atoms with Crippen molar-refractivity contribution in [2.75, 3.05) is 46.8 Å². The second kappa shape index (κ2) is 31.6. The average molecular weight is 841 g/mol. The van der Waals surface area contributed by atoms with Gasteiger partial charge in [-0.2, -0.15) is 5.26 Å². The van der Waals surface area contributed by atoms with Gasteiger partial charge in [0.1, 0.15) is 38.2 Å². The summed E-state index contributed by atoms with van der Waals surface area (Å²) >= 11 is 1.35. The van der Waals surface area contributed by atoms with Crippen LogP contribution in [0.1, 0.15) is 68.2 Å². The first kappa shape index (κ1) is 53.5. The molecule has 16 heteroatoms. The third-order valence-corrected chi connectivity index (χ3v) is 7.28. The number of aliphatic imine (C=N–C) groups is 1. The zero-order chi connectivity index (χ0) is 38.7. The summed E-state index contributed by atoms with van der Waals surface area (Å²) in [7, 11) is 2.54. The first-order chi connectivity index (χ1) is 22.9. The zero-order valence-corrected chi connectivity index (χ0v) is 34.7. The maximum absolute atomic E-state index is 12.4. The third-order valence-electron chi connectivity index (χ3n) is 6.54. The quantitative estimate of drug-likeness (QED) is 0.0496. The number of methoxy groups -OCH3 is 2. The van der Waals surface area contributed by atoms with Crippen molar-refractivity contribution in [3.63, 3.8) is 0 Å². The predicted molar refractivity (Wildman–Crippen MR) is 195 cm³/mol. The van der Waals surface area contributed by atoms with Crippen molar-refractivity contribution in [2.45, 2.75) is 86.4 Å². The summed E-state index contributed by atoms with van der Waals surface area (Å²) in [5.41, 5.74) is 6.22. The maximum atomic E-state index is 12.4. The van der Waals surface area contributed by atoms with Crippen LogP contribution in [0.25, 0.3) is 0 Å². The molecular formula is C34H61IN6O8S. The van der Waals surface area contributed by atoms with Crippen molar-refractivity contribution < 1.29 is 67.5 Å². The van der Waals surface area contributed by atoms with Gasteiger partial charge in [0, 0.05) is 6.92 Å². The normalized spacial score (nSPS) is 12.1. The van der Waals surface area contributed by atoms with E-state index < -0.39 is 36.2 Å². The van der Waals surface area contributed by atoms with Crippen molar-refractivity contribution in [1.82, 2.24) is 9.80 Å². The topological polar surface area (TPSA) is 199 Å². The van der Waals surface area contributed by atoms with E-state index in [2.05, 4.69) is 22.9 Å². The van der Waals surface area contributed by atoms with Gasteiger partial charge in [-0.15, -0.1) is 0 Å². The molecule has 0 saturated heterocycles. The standard InChI is InChI=1S/C18H33N3O4.C14H24N2O4S.C2H3N.HI/c1-8-9-25-18(23)21(11-16(22)24-7)15(10-12(2)3)17(19)20-14(6)13(4)5;1-6-7-20-14(18)16(9-12(17)19-4)11(8-10(2)3)13(15)21-5;1-2-3;/h8,12-15H,1,9-11H2,2-7H3,(H2,19,20);6,10-11,15H,1,7-9H2,2-5H3;1H3;1H/t;11-;;/m.0../s1. The Morgan fingerprint density at radius 1 is 0.860 bits per heavy atom. The molecule has 0 fully saturated rings. The molecule has 14 nitrogen and oxygen atoms in total. The second-order valence-electron chi connectivity index (χ2n) is 11.8. The summed E-state index contributed by atoms with van der Waals surface area (Å²) in [6.45, 7) is 22.2.